The molecule has 2 aliphatic rings. The highest BCUT2D eigenvalue weighted by Crippen LogP contribution is 2.43. The largest absolute Gasteiger partial charge is 0.486 e. The van der Waals surface area contributed by atoms with E-state index in [4.69, 9.17) is 25.5 Å². The molecular weight excluding hydrogens is 366 g/mol. The number of benzene rings is 2. The molecule has 1 fully saturated rings. The third kappa shape index (κ3) is 3.23. The molecule has 1 aliphatic carbocycles. The van der Waals surface area contributed by atoms with Crippen LogP contribution in [0.2, 0.25) is 5.02 Å². The Morgan fingerprint density at radius 3 is 2.67 bits per heavy atom. The van der Waals surface area contributed by atoms with Crippen LogP contribution in [0.25, 0.3) is 11.0 Å². The van der Waals surface area contributed by atoms with Crippen molar-refractivity contribution in [3.63, 3.8) is 0 Å². The lowest BCUT2D eigenvalue weighted by Crippen LogP contribution is -2.29. The zero-order chi connectivity index (χ0) is 18.4. The molecule has 138 valence electrons. The number of hydrogen-bond donors (Lipinski definition) is 1. The van der Waals surface area contributed by atoms with E-state index in [0.29, 0.717) is 29.7 Å². The molecule has 0 saturated heterocycles. The summed E-state index contributed by atoms with van der Waals surface area (Å²) in [5, 5.41) is 4.56. The van der Waals surface area contributed by atoms with Crippen LogP contribution in [0.15, 0.2) is 46.9 Å². The van der Waals surface area contributed by atoms with E-state index >= 15 is 0 Å². The molecule has 1 aliphatic heterocycles. The van der Waals surface area contributed by atoms with Crippen LogP contribution < -0.4 is 14.8 Å². The number of fused-ring (bicyclic) bond motifs is 2. The van der Waals surface area contributed by atoms with E-state index in [0.717, 1.165) is 35.3 Å². The standard InChI is InChI=1S/C21H18ClNO4/c22-15-4-6-16-14(9-15)11-19(27-16)21(24)23-20(12-1-2-12)13-3-5-17-18(10-13)26-8-7-25-17/h3-6,9-12,20H,1-2,7-8H2,(H,23,24). The molecule has 1 unspecified atom stereocenters. The molecule has 1 N–H and O–H groups in total. The monoisotopic (exact) mass is 383 g/mol. The third-order valence-corrected chi connectivity index (χ3v) is 5.24. The molecule has 0 radical (unpaired) electrons. The molecule has 1 amide bonds. The zero-order valence-corrected chi connectivity index (χ0v) is 15.3. The number of ether oxygens (including phenoxy) is 2. The summed E-state index contributed by atoms with van der Waals surface area (Å²) in [5.41, 5.74) is 1.67. The van der Waals surface area contributed by atoms with Crippen LogP contribution in [-0.4, -0.2) is 19.1 Å². The minimum Gasteiger partial charge on any atom is -0.486 e. The van der Waals surface area contributed by atoms with Crippen molar-refractivity contribution in [2.24, 2.45) is 5.92 Å². The van der Waals surface area contributed by atoms with Crippen molar-refractivity contribution in [2.75, 3.05) is 13.2 Å². The van der Waals surface area contributed by atoms with E-state index < -0.39 is 0 Å². The fourth-order valence-corrected chi connectivity index (χ4v) is 3.68. The Hall–Kier alpha value is -2.66. The second-order valence-corrected chi connectivity index (χ2v) is 7.42. The topological polar surface area (TPSA) is 60.7 Å². The Labute approximate surface area is 161 Å². The number of nitrogens with one attached hydrogen (secondary N) is 1. The van der Waals surface area contributed by atoms with Crippen molar-refractivity contribution in [3.05, 3.63) is 58.8 Å². The molecule has 1 saturated carbocycles. The van der Waals surface area contributed by atoms with Gasteiger partial charge < -0.3 is 19.2 Å². The Bertz CT molecular complexity index is 1020. The van der Waals surface area contributed by atoms with Crippen molar-refractivity contribution in [1.82, 2.24) is 5.32 Å². The number of carbonyl (C=O) groups excluding carboxylic acids is 1. The van der Waals surface area contributed by atoms with Gasteiger partial charge in [0.1, 0.15) is 18.8 Å². The predicted molar refractivity (Wildman–Crippen MR) is 102 cm³/mol. The summed E-state index contributed by atoms with van der Waals surface area (Å²) in [7, 11) is 0. The van der Waals surface area contributed by atoms with E-state index in [2.05, 4.69) is 5.32 Å². The van der Waals surface area contributed by atoms with Crippen LogP contribution in [0, 0.1) is 5.92 Å². The van der Waals surface area contributed by atoms with Gasteiger partial charge in [0, 0.05) is 10.4 Å². The number of amides is 1. The van der Waals surface area contributed by atoms with Crippen LogP contribution in [0.4, 0.5) is 0 Å². The van der Waals surface area contributed by atoms with E-state index in [1.807, 2.05) is 18.2 Å². The van der Waals surface area contributed by atoms with Gasteiger partial charge in [-0.3, -0.25) is 4.79 Å². The number of carbonyl (C=O) groups is 1. The first-order chi connectivity index (χ1) is 13.2. The van der Waals surface area contributed by atoms with Gasteiger partial charge in [-0.05, 0) is 60.7 Å². The highest BCUT2D eigenvalue weighted by Gasteiger charge is 2.34. The normalized spacial score (nSPS) is 16.9. The quantitative estimate of drug-likeness (QED) is 0.707. The van der Waals surface area contributed by atoms with Gasteiger partial charge in [-0.2, -0.15) is 0 Å². The molecule has 2 heterocycles. The molecule has 5 rings (SSSR count). The molecule has 6 heteroatoms. The first kappa shape index (κ1) is 16.5. The van der Waals surface area contributed by atoms with Crippen molar-refractivity contribution < 1.29 is 18.7 Å². The average Bonchev–Trinajstić information content (AvgIpc) is 3.44. The van der Waals surface area contributed by atoms with Crippen LogP contribution in [0.1, 0.15) is 35.0 Å². The maximum Gasteiger partial charge on any atom is 0.287 e. The van der Waals surface area contributed by atoms with E-state index in [9.17, 15) is 4.79 Å². The molecule has 0 bridgehead atoms. The highest BCUT2D eigenvalue weighted by molar-refractivity contribution is 6.31. The Kier molecular flexibility index (Phi) is 3.97. The van der Waals surface area contributed by atoms with Crippen LogP contribution in [-0.2, 0) is 0 Å². The van der Waals surface area contributed by atoms with E-state index in [1.54, 1.807) is 24.3 Å². The fourth-order valence-electron chi connectivity index (χ4n) is 3.49. The van der Waals surface area contributed by atoms with Gasteiger partial charge in [0.25, 0.3) is 5.91 Å². The molecular formula is C21H18ClNO4. The zero-order valence-electron chi connectivity index (χ0n) is 14.5. The number of hydrogen-bond acceptors (Lipinski definition) is 4. The number of rotatable bonds is 4. The Morgan fingerprint density at radius 2 is 1.85 bits per heavy atom. The summed E-state index contributed by atoms with van der Waals surface area (Å²) in [6.07, 6.45) is 2.18. The first-order valence-electron chi connectivity index (χ1n) is 9.07. The van der Waals surface area contributed by atoms with Gasteiger partial charge in [0.05, 0.1) is 6.04 Å². The maximum atomic E-state index is 12.8. The van der Waals surface area contributed by atoms with E-state index in [1.165, 1.54) is 0 Å². The molecule has 27 heavy (non-hydrogen) atoms. The van der Waals surface area contributed by atoms with Crippen LogP contribution >= 0.6 is 11.6 Å². The molecule has 0 spiro atoms. The smallest absolute Gasteiger partial charge is 0.287 e. The number of furan rings is 1. The molecule has 5 nitrogen and oxygen atoms in total. The Morgan fingerprint density at radius 1 is 1.04 bits per heavy atom. The highest BCUT2D eigenvalue weighted by atomic mass is 35.5. The summed E-state index contributed by atoms with van der Waals surface area (Å²) < 4.78 is 17.0. The molecule has 1 aromatic heterocycles. The SMILES string of the molecule is O=C(NC(c1ccc2c(c1)OCCO2)C1CC1)c1cc2cc(Cl)ccc2o1. The van der Waals surface area contributed by atoms with E-state index in [-0.39, 0.29) is 17.7 Å². The summed E-state index contributed by atoms with van der Waals surface area (Å²) in [4.78, 5) is 12.8. The summed E-state index contributed by atoms with van der Waals surface area (Å²) in [6, 6.07) is 12.8. The number of halogens is 1. The van der Waals surface area contributed by atoms with Gasteiger partial charge >= 0.3 is 0 Å². The first-order valence-corrected chi connectivity index (χ1v) is 9.45. The van der Waals surface area contributed by atoms with Crippen molar-refractivity contribution in [2.45, 2.75) is 18.9 Å². The van der Waals surface area contributed by atoms with Gasteiger partial charge in [-0.1, -0.05) is 17.7 Å². The van der Waals surface area contributed by atoms with Gasteiger partial charge in [0.15, 0.2) is 17.3 Å². The lowest BCUT2D eigenvalue weighted by Gasteiger charge is -2.22. The van der Waals surface area contributed by atoms with Gasteiger partial charge in [0.2, 0.25) is 0 Å². The fraction of sp³-hybridized carbons (Fsp3) is 0.286. The van der Waals surface area contributed by atoms with Crippen molar-refractivity contribution in [3.8, 4) is 11.5 Å². The van der Waals surface area contributed by atoms with Crippen LogP contribution in [0.3, 0.4) is 0 Å². The van der Waals surface area contributed by atoms with Gasteiger partial charge in [-0.15, -0.1) is 0 Å². The maximum absolute atomic E-state index is 12.8. The lowest BCUT2D eigenvalue weighted by atomic mass is 10.0. The van der Waals surface area contributed by atoms with Gasteiger partial charge in [-0.25, -0.2) is 0 Å². The second-order valence-electron chi connectivity index (χ2n) is 6.98. The minimum atomic E-state index is -0.228. The van der Waals surface area contributed by atoms with Crippen molar-refractivity contribution >= 4 is 28.5 Å². The Balaban J connectivity index is 1.41. The van der Waals surface area contributed by atoms with Crippen LogP contribution in [0.5, 0.6) is 11.5 Å². The average molecular weight is 384 g/mol. The summed E-state index contributed by atoms with van der Waals surface area (Å²) >= 11 is 6.02. The lowest BCUT2D eigenvalue weighted by molar-refractivity contribution is 0.0905. The minimum absolute atomic E-state index is 0.0786. The summed E-state index contributed by atoms with van der Waals surface area (Å²) in [5.74, 6) is 1.97. The molecule has 3 aromatic rings. The molecule has 1 atom stereocenters. The third-order valence-electron chi connectivity index (χ3n) is 5.01. The van der Waals surface area contributed by atoms with Crippen molar-refractivity contribution in [1.29, 1.82) is 0 Å². The summed E-state index contributed by atoms with van der Waals surface area (Å²) in [6.45, 7) is 1.10. The second kappa shape index (κ2) is 6.50. The molecule has 2 aromatic carbocycles. The predicted octanol–water partition coefficient (Wildman–Crippen LogP) is 4.74.